The average Bonchev–Trinajstić information content (AvgIpc) is 3.10. The number of nitrogens with zero attached hydrogens (tertiary/aromatic N) is 4. The molecule has 1 aromatic heterocycles. The number of hydrogen-bond donors (Lipinski definition) is 0. The van der Waals surface area contributed by atoms with Crippen LogP contribution in [0.15, 0.2) is 48.5 Å². The van der Waals surface area contributed by atoms with Crippen LogP contribution in [0.5, 0.6) is 0 Å². The maximum atomic E-state index is 4.95. The summed E-state index contributed by atoms with van der Waals surface area (Å²) >= 11 is 0. The van der Waals surface area contributed by atoms with Crippen molar-refractivity contribution in [2.45, 2.75) is 51.9 Å². The number of aryl methyl sites for hydroxylation is 1. The minimum Gasteiger partial charge on any atom is -0.327 e. The fraction of sp³-hybridized carbons (Fsp3) is 0.458. The van der Waals surface area contributed by atoms with Crippen LogP contribution in [0.1, 0.15) is 36.7 Å². The van der Waals surface area contributed by atoms with Crippen molar-refractivity contribution >= 4 is 11.0 Å². The highest BCUT2D eigenvalue weighted by Gasteiger charge is 2.28. The zero-order valence-electron chi connectivity index (χ0n) is 16.8. The lowest BCUT2D eigenvalue weighted by atomic mass is 9.96. The molecule has 4 nitrogen and oxygen atoms in total. The van der Waals surface area contributed by atoms with E-state index in [1.165, 1.54) is 49.3 Å². The van der Waals surface area contributed by atoms with Crippen LogP contribution < -0.4 is 0 Å². The Morgan fingerprint density at radius 3 is 2.71 bits per heavy atom. The molecule has 0 N–H and O–H groups in total. The summed E-state index contributed by atoms with van der Waals surface area (Å²) in [7, 11) is 0. The van der Waals surface area contributed by atoms with Gasteiger partial charge in [-0.25, -0.2) is 4.98 Å². The number of aromatic nitrogens is 2. The van der Waals surface area contributed by atoms with E-state index in [4.69, 9.17) is 4.98 Å². The standard InChI is InChI=1S/C24H30N4/c1-2-28-23-12-6-5-11-22(23)25-24(28)18-26-14-7-10-21(17-26)27-15-13-19-8-3-4-9-20(19)16-27/h3-6,8-9,11-12,21H,2,7,10,13-18H2,1H3/t21-/m1/s1. The van der Waals surface area contributed by atoms with Crippen LogP contribution in [0.25, 0.3) is 11.0 Å². The second-order valence-corrected chi connectivity index (χ2v) is 8.28. The normalized spacial score (nSPS) is 21.1. The smallest absolute Gasteiger partial charge is 0.124 e. The molecule has 0 saturated carbocycles. The Balaban J connectivity index is 1.30. The van der Waals surface area contributed by atoms with Gasteiger partial charge in [-0.15, -0.1) is 0 Å². The van der Waals surface area contributed by atoms with Crippen LogP contribution in [0, 0.1) is 0 Å². The van der Waals surface area contributed by atoms with Crippen molar-refractivity contribution in [1.29, 1.82) is 0 Å². The van der Waals surface area contributed by atoms with Crippen molar-refractivity contribution in [2.75, 3.05) is 19.6 Å². The molecular formula is C24H30N4. The first-order valence-corrected chi connectivity index (χ1v) is 10.8. The Hall–Kier alpha value is -2.17. The summed E-state index contributed by atoms with van der Waals surface area (Å²) in [4.78, 5) is 10.3. The summed E-state index contributed by atoms with van der Waals surface area (Å²) in [5.41, 5.74) is 5.46. The second kappa shape index (κ2) is 7.69. The molecule has 0 spiro atoms. The van der Waals surface area contributed by atoms with Crippen LogP contribution in [-0.4, -0.2) is 45.0 Å². The number of fused-ring (bicyclic) bond motifs is 2. The lowest BCUT2D eigenvalue weighted by molar-refractivity contribution is 0.0820. The van der Waals surface area contributed by atoms with Gasteiger partial charge in [-0.3, -0.25) is 9.80 Å². The molecule has 3 heterocycles. The highest BCUT2D eigenvalue weighted by atomic mass is 15.2. The number of imidazole rings is 1. The highest BCUT2D eigenvalue weighted by Crippen LogP contribution is 2.25. The molecule has 0 aliphatic carbocycles. The second-order valence-electron chi connectivity index (χ2n) is 8.28. The zero-order chi connectivity index (χ0) is 18.9. The SMILES string of the molecule is CCn1c(CN2CCC[C@@H](N3CCc4ccccc4C3)C2)nc2ccccc21. The molecular weight excluding hydrogens is 344 g/mol. The Bertz CT molecular complexity index is 960. The predicted octanol–water partition coefficient (Wildman–Crippen LogP) is 4.08. The molecule has 5 rings (SSSR count). The van der Waals surface area contributed by atoms with Gasteiger partial charge in [0.05, 0.1) is 17.6 Å². The first kappa shape index (κ1) is 17.9. The summed E-state index contributed by atoms with van der Waals surface area (Å²) in [6.45, 7) is 8.83. The van der Waals surface area contributed by atoms with Crippen molar-refractivity contribution < 1.29 is 0 Å². The van der Waals surface area contributed by atoms with Crippen LogP contribution in [-0.2, 0) is 26.1 Å². The lowest BCUT2D eigenvalue weighted by Gasteiger charge is -2.41. The maximum Gasteiger partial charge on any atom is 0.124 e. The van der Waals surface area contributed by atoms with E-state index in [-0.39, 0.29) is 0 Å². The van der Waals surface area contributed by atoms with Gasteiger partial charge in [0.1, 0.15) is 5.82 Å². The number of hydrogen-bond acceptors (Lipinski definition) is 3. The van der Waals surface area contributed by atoms with Gasteiger partial charge in [0, 0.05) is 32.2 Å². The van der Waals surface area contributed by atoms with Gasteiger partial charge in [-0.1, -0.05) is 36.4 Å². The van der Waals surface area contributed by atoms with Gasteiger partial charge in [0.25, 0.3) is 0 Å². The third-order valence-electron chi connectivity index (χ3n) is 6.57. The van der Waals surface area contributed by atoms with Gasteiger partial charge in [0.15, 0.2) is 0 Å². The van der Waals surface area contributed by atoms with Crippen molar-refractivity contribution in [1.82, 2.24) is 19.4 Å². The molecule has 3 aromatic rings. The molecule has 28 heavy (non-hydrogen) atoms. The zero-order valence-corrected chi connectivity index (χ0v) is 16.8. The van der Waals surface area contributed by atoms with E-state index >= 15 is 0 Å². The number of likely N-dealkylation sites (tertiary alicyclic amines) is 1. The summed E-state index contributed by atoms with van der Waals surface area (Å²) in [6.07, 6.45) is 3.80. The highest BCUT2D eigenvalue weighted by molar-refractivity contribution is 5.75. The van der Waals surface area contributed by atoms with Gasteiger partial charge >= 0.3 is 0 Å². The molecule has 1 saturated heterocycles. The molecule has 0 amide bonds. The molecule has 2 aliphatic rings. The molecule has 146 valence electrons. The van der Waals surface area contributed by atoms with Crippen LogP contribution in [0.4, 0.5) is 0 Å². The minimum absolute atomic E-state index is 0.668. The predicted molar refractivity (Wildman–Crippen MR) is 114 cm³/mol. The molecule has 1 fully saturated rings. The number of rotatable bonds is 4. The van der Waals surface area contributed by atoms with E-state index in [1.54, 1.807) is 5.56 Å². The lowest BCUT2D eigenvalue weighted by Crippen LogP contribution is -2.49. The van der Waals surface area contributed by atoms with Gasteiger partial charge in [0.2, 0.25) is 0 Å². The fourth-order valence-electron chi connectivity index (χ4n) is 5.10. The minimum atomic E-state index is 0.668. The third kappa shape index (κ3) is 3.36. The number of para-hydroxylation sites is 2. The average molecular weight is 375 g/mol. The van der Waals surface area contributed by atoms with Crippen LogP contribution in [0.2, 0.25) is 0 Å². The molecule has 2 aromatic carbocycles. The molecule has 4 heteroatoms. The maximum absolute atomic E-state index is 4.95. The largest absolute Gasteiger partial charge is 0.327 e. The molecule has 1 atom stereocenters. The van der Waals surface area contributed by atoms with Crippen molar-refractivity contribution in [3.05, 3.63) is 65.5 Å². The number of piperidine rings is 1. The molecule has 0 unspecified atom stereocenters. The third-order valence-corrected chi connectivity index (χ3v) is 6.57. The Morgan fingerprint density at radius 2 is 1.82 bits per heavy atom. The summed E-state index contributed by atoms with van der Waals surface area (Å²) in [5, 5.41) is 0. The van der Waals surface area contributed by atoms with E-state index in [2.05, 4.69) is 69.8 Å². The topological polar surface area (TPSA) is 24.3 Å². The van der Waals surface area contributed by atoms with Crippen molar-refractivity contribution in [2.24, 2.45) is 0 Å². The Kier molecular flexibility index (Phi) is 4.91. The first-order valence-electron chi connectivity index (χ1n) is 10.8. The Labute approximate surface area is 167 Å². The fourth-order valence-corrected chi connectivity index (χ4v) is 5.10. The van der Waals surface area contributed by atoms with Crippen LogP contribution >= 0.6 is 0 Å². The number of benzene rings is 2. The van der Waals surface area contributed by atoms with E-state index in [9.17, 15) is 0 Å². The first-order chi connectivity index (χ1) is 13.8. The van der Waals surface area contributed by atoms with Gasteiger partial charge < -0.3 is 4.57 Å². The Morgan fingerprint density at radius 1 is 1.00 bits per heavy atom. The quantitative estimate of drug-likeness (QED) is 0.688. The molecule has 0 radical (unpaired) electrons. The van der Waals surface area contributed by atoms with Gasteiger partial charge in [-0.2, -0.15) is 0 Å². The summed E-state index contributed by atoms with van der Waals surface area (Å²) < 4.78 is 2.39. The van der Waals surface area contributed by atoms with Gasteiger partial charge in [-0.05, 0) is 56.0 Å². The summed E-state index contributed by atoms with van der Waals surface area (Å²) in [5.74, 6) is 1.22. The van der Waals surface area contributed by atoms with E-state index in [1.807, 2.05) is 0 Å². The van der Waals surface area contributed by atoms with Crippen molar-refractivity contribution in [3.63, 3.8) is 0 Å². The molecule has 0 bridgehead atoms. The molecule has 2 aliphatic heterocycles. The monoisotopic (exact) mass is 374 g/mol. The van der Waals surface area contributed by atoms with Crippen molar-refractivity contribution in [3.8, 4) is 0 Å². The van der Waals surface area contributed by atoms with E-state index < -0.39 is 0 Å². The summed E-state index contributed by atoms with van der Waals surface area (Å²) in [6, 6.07) is 18.2. The van der Waals surface area contributed by atoms with E-state index in [0.717, 1.165) is 31.7 Å². The van der Waals surface area contributed by atoms with Crippen LogP contribution in [0.3, 0.4) is 0 Å². The van der Waals surface area contributed by atoms with E-state index in [0.29, 0.717) is 6.04 Å².